The molecule has 0 aromatic heterocycles. The van der Waals surface area contributed by atoms with Crippen molar-refractivity contribution in [3.63, 3.8) is 0 Å². The molecule has 0 rings (SSSR count). The Hall–Kier alpha value is 0.138. The van der Waals surface area contributed by atoms with Crippen molar-refractivity contribution in [2.45, 2.75) is 97.1 Å². The summed E-state index contributed by atoms with van der Waals surface area (Å²) < 4.78 is 20.9. The summed E-state index contributed by atoms with van der Waals surface area (Å²) in [6.07, 6.45) is 4.39. The number of carbonyl (C=O) groups is 1. The molecule has 0 aromatic rings. The van der Waals surface area contributed by atoms with Crippen LogP contribution in [-0.4, -0.2) is 89.6 Å². The molecule has 0 aromatic carbocycles. The summed E-state index contributed by atoms with van der Waals surface area (Å²) in [7, 11) is -4.15. The molecule has 1 amide bonds. The van der Waals surface area contributed by atoms with Crippen LogP contribution in [-0.2, 0) is 17.1 Å². The molecule has 0 unspecified atom stereocenters. The Morgan fingerprint density at radius 2 is 1.24 bits per heavy atom. The number of aliphatic hydroxyl groups is 1. The van der Waals surface area contributed by atoms with Gasteiger partial charge in [0.25, 0.3) is 0 Å². The smallest absolute Gasteiger partial charge is 0.417 e. The highest BCUT2D eigenvalue weighted by Crippen LogP contribution is 2.29. The first-order chi connectivity index (χ1) is 14.8. The predicted molar refractivity (Wildman–Crippen MR) is 149 cm³/mol. The van der Waals surface area contributed by atoms with Gasteiger partial charge in [0, 0.05) is 19.0 Å². The second-order valence-corrected chi connectivity index (χ2v) is 29.7. The zero-order chi connectivity index (χ0) is 26.0. The van der Waals surface area contributed by atoms with Crippen LogP contribution < -0.4 is 5.32 Å². The van der Waals surface area contributed by atoms with Crippen LogP contribution in [0.15, 0.2) is 0 Å². The first-order valence-corrected chi connectivity index (χ1v) is 24.7. The summed E-state index contributed by atoms with van der Waals surface area (Å²) in [5.41, 5.74) is 0. The monoisotopic (exact) mass is 539 g/mol. The second-order valence-electron chi connectivity index (χ2n) is 12.7. The van der Waals surface area contributed by atoms with Gasteiger partial charge in [-0.3, -0.25) is 4.79 Å². The minimum atomic E-state index is -2.82. The highest BCUT2D eigenvalue weighted by molar-refractivity contribution is 6.90. The third kappa shape index (κ3) is 19.1. The Kier molecular flexibility index (Phi) is 14.1. The molecule has 7 nitrogen and oxygen atoms in total. The lowest BCUT2D eigenvalue weighted by Crippen LogP contribution is -2.60. The number of carbonyl (C=O) groups excluding carboxylic acids is 1. The van der Waals surface area contributed by atoms with Gasteiger partial charge >= 0.3 is 8.80 Å². The maximum absolute atomic E-state index is 12.3. The van der Waals surface area contributed by atoms with E-state index in [9.17, 15) is 4.79 Å². The van der Waals surface area contributed by atoms with E-state index in [1.165, 1.54) is 0 Å². The van der Waals surface area contributed by atoms with Crippen molar-refractivity contribution >= 4 is 39.7 Å². The average Bonchev–Trinajstić information content (AvgIpc) is 2.53. The van der Waals surface area contributed by atoms with E-state index in [0.717, 1.165) is 49.3 Å². The van der Waals surface area contributed by atoms with Crippen LogP contribution >= 0.6 is 0 Å². The van der Waals surface area contributed by atoms with Crippen LogP contribution in [0.2, 0.25) is 65.0 Å². The van der Waals surface area contributed by atoms with Crippen LogP contribution in [0.3, 0.4) is 0 Å². The van der Waals surface area contributed by atoms with Crippen LogP contribution in [0.1, 0.15) is 32.1 Å². The summed E-state index contributed by atoms with van der Waals surface area (Å²) in [6.45, 7) is 22.4. The Balaban J connectivity index is 4.69. The van der Waals surface area contributed by atoms with E-state index in [-0.39, 0.29) is 12.5 Å². The minimum absolute atomic E-state index is 0.120. The summed E-state index contributed by atoms with van der Waals surface area (Å²) in [5.74, 6) is 0.120. The van der Waals surface area contributed by atoms with Crippen molar-refractivity contribution in [2.75, 3.05) is 40.3 Å². The zero-order valence-corrected chi connectivity index (χ0v) is 27.6. The Morgan fingerprint density at radius 1 is 0.758 bits per heavy atom. The standard InChI is InChI=1S/C22H54N2O5Si4/c1-24(2,19-20-25)18-14-12-13-16-22(26)23-17-15-21-33(27-30(3,4)5,28-31(6,7)8)29-32(9,10)11/h25H,12-21H2,1-11H3/p+1. The SMILES string of the molecule is C[N+](C)(CCO)CCCCCC(=O)NCCC[Si](O[Si](C)(C)C)(O[Si](C)(C)C)O[Si](C)(C)C. The molecule has 2 N–H and O–H groups in total. The first kappa shape index (κ1) is 33.1. The highest BCUT2D eigenvalue weighted by atomic mass is 28.5. The number of likely N-dealkylation sites (N-methyl/N-ethyl adjacent to an activating group) is 1. The Bertz CT molecular complexity index is 532. The van der Waals surface area contributed by atoms with E-state index in [4.69, 9.17) is 17.5 Å². The number of hydrogen-bond donors (Lipinski definition) is 2. The van der Waals surface area contributed by atoms with Gasteiger partial charge in [-0.2, -0.15) is 0 Å². The van der Waals surface area contributed by atoms with Crippen molar-refractivity contribution in [1.82, 2.24) is 5.32 Å². The van der Waals surface area contributed by atoms with Crippen molar-refractivity contribution in [3.8, 4) is 0 Å². The molecular formula is C22H55N2O5Si4+. The van der Waals surface area contributed by atoms with Crippen LogP contribution in [0, 0.1) is 0 Å². The molecule has 0 aliphatic rings. The normalized spacial score (nSPS) is 13.9. The van der Waals surface area contributed by atoms with E-state index in [1.54, 1.807) is 0 Å². The lowest BCUT2D eigenvalue weighted by atomic mass is 10.1. The molecule has 0 aliphatic heterocycles. The second kappa shape index (κ2) is 14.0. The molecule has 0 spiro atoms. The van der Waals surface area contributed by atoms with E-state index in [1.807, 2.05) is 0 Å². The van der Waals surface area contributed by atoms with Gasteiger partial charge in [0.05, 0.1) is 27.2 Å². The van der Waals surface area contributed by atoms with E-state index >= 15 is 0 Å². The van der Waals surface area contributed by atoms with Crippen molar-refractivity contribution in [3.05, 3.63) is 0 Å². The van der Waals surface area contributed by atoms with Gasteiger partial charge in [0.15, 0.2) is 25.0 Å². The van der Waals surface area contributed by atoms with Gasteiger partial charge in [-0.15, -0.1) is 0 Å². The topological polar surface area (TPSA) is 77.0 Å². The van der Waals surface area contributed by atoms with Gasteiger partial charge < -0.3 is 27.3 Å². The Morgan fingerprint density at radius 3 is 1.67 bits per heavy atom. The molecule has 198 valence electrons. The summed E-state index contributed by atoms with van der Waals surface area (Å²) in [4.78, 5) is 12.3. The number of hydrogen-bond acceptors (Lipinski definition) is 5. The Labute approximate surface area is 208 Å². The fraction of sp³-hybridized carbons (Fsp3) is 0.955. The lowest BCUT2D eigenvalue weighted by Gasteiger charge is -2.43. The van der Waals surface area contributed by atoms with Crippen LogP contribution in [0.5, 0.6) is 0 Å². The van der Waals surface area contributed by atoms with Crippen molar-refractivity contribution in [2.24, 2.45) is 0 Å². The third-order valence-corrected chi connectivity index (χ3v) is 16.8. The number of nitrogens with one attached hydrogen (secondary N) is 1. The zero-order valence-electron chi connectivity index (χ0n) is 23.6. The molecule has 0 saturated heterocycles. The van der Waals surface area contributed by atoms with Gasteiger partial charge in [-0.1, -0.05) is 0 Å². The number of aliphatic hydroxyl groups excluding tert-OH is 1. The van der Waals surface area contributed by atoms with E-state index in [2.05, 4.69) is 78.3 Å². The third-order valence-electron chi connectivity index (χ3n) is 4.74. The molecule has 33 heavy (non-hydrogen) atoms. The minimum Gasteiger partial charge on any atom is -0.417 e. The summed E-state index contributed by atoms with van der Waals surface area (Å²) in [5, 5.41) is 12.2. The fourth-order valence-corrected chi connectivity index (χ4v) is 18.3. The van der Waals surface area contributed by atoms with Gasteiger partial charge in [0.1, 0.15) is 6.54 Å². The predicted octanol–water partition coefficient (Wildman–Crippen LogP) is 4.62. The number of unbranched alkanes of at least 4 members (excludes halogenated alkanes) is 2. The molecule has 0 bridgehead atoms. The largest absolute Gasteiger partial charge is 0.469 e. The van der Waals surface area contributed by atoms with Gasteiger partial charge in [-0.25, -0.2) is 0 Å². The number of nitrogens with zero attached hydrogens (tertiary/aromatic N) is 1. The maximum Gasteiger partial charge on any atom is 0.469 e. The van der Waals surface area contributed by atoms with Crippen molar-refractivity contribution in [1.29, 1.82) is 0 Å². The number of amides is 1. The fourth-order valence-electron chi connectivity index (χ4n) is 3.62. The van der Waals surface area contributed by atoms with Gasteiger partial charge in [-0.05, 0) is 84.6 Å². The lowest BCUT2D eigenvalue weighted by molar-refractivity contribution is -0.890. The molecule has 11 heteroatoms. The quantitative estimate of drug-likeness (QED) is 0.151. The first-order valence-electron chi connectivity index (χ1n) is 12.6. The van der Waals surface area contributed by atoms with E-state index < -0.39 is 33.8 Å². The highest BCUT2D eigenvalue weighted by Gasteiger charge is 2.49. The number of rotatable bonds is 18. The molecule has 0 saturated carbocycles. The summed E-state index contributed by atoms with van der Waals surface area (Å²) >= 11 is 0. The van der Waals surface area contributed by atoms with Gasteiger partial charge in [0.2, 0.25) is 5.91 Å². The molecule has 0 atom stereocenters. The van der Waals surface area contributed by atoms with Crippen LogP contribution in [0.25, 0.3) is 0 Å². The molecule has 0 aliphatic carbocycles. The van der Waals surface area contributed by atoms with Crippen LogP contribution in [0.4, 0.5) is 0 Å². The van der Waals surface area contributed by atoms with Crippen molar-refractivity contribution < 1.29 is 26.7 Å². The molecule has 0 fully saturated rings. The molecule has 0 heterocycles. The maximum atomic E-state index is 12.3. The average molecular weight is 540 g/mol. The number of quaternary nitrogens is 1. The molecular weight excluding hydrogens is 485 g/mol. The molecule has 0 radical (unpaired) electrons. The summed E-state index contributed by atoms with van der Waals surface area (Å²) in [6, 6.07) is 0.754. The van der Waals surface area contributed by atoms with E-state index in [0.29, 0.717) is 13.0 Å².